The number of hydrogen-bond donors (Lipinski definition) is 2. The van der Waals surface area contributed by atoms with Gasteiger partial charge in [0, 0.05) is 26.2 Å². The maximum atomic E-state index is 5.59. The van der Waals surface area contributed by atoms with Gasteiger partial charge < -0.3 is 15.4 Å². The molecule has 104 valence electrons. The van der Waals surface area contributed by atoms with Crippen molar-refractivity contribution >= 4 is 29.9 Å². The molecule has 4 nitrogen and oxygen atoms in total. The molecule has 1 fully saturated rings. The number of aliphatic imine (C=N–C) groups is 1. The molecule has 0 aromatic heterocycles. The summed E-state index contributed by atoms with van der Waals surface area (Å²) < 4.78 is 5.59. The van der Waals surface area contributed by atoms with Crippen molar-refractivity contribution in [1.29, 1.82) is 0 Å². The lowest BCUT2D eigenvalue weighted by molar-refractivity contribution is 0.105. The highest BCUT2D eigenvalue weighted by Gasteiger charge is 2.15. The van der Waals surface area contributed by atoms with Gasteiger partial charge in [0.25, 0.3) is 0 Å². The Morgan fingerprint density at radius 3 is 2.78 bits per heavy atom. The Morgan fingerprint density at radius 1 is 1.39 bits per heavy atom. The smallest absolute Gasteiger partial charge is 0.191 e. The Bertz CT molecular complexity index is 280. The predicted molar refractivity (Wildman–Crippen MR) is 85.7 cm³/mol. The quantitative estimate of drug-likeness (QED) is 0.347. The standard InChI is InChI=1S/C13H23N3O.HI/c1-14-13(16-11-5-2-3-6-11)15-9-8-12-7-4-10-17-12;/h2-3,11-12H,4-10H2,1H3,(H2,14,15,16);1H. The summed E-state index contributed by atoms with van der Waals surface area (Å²) in [6.45, 7) is 1.87. The van der Waals surface area contributed by atoms with Gasteiger partial charge >= 0.3 is 0 Å². The highest BCUT2D eigenvalue weighted by Crippen LogP contribution is 2.14. The number of rotatable bonds is 4. The van der Waals surface area contributed by atoms with Gasteiger partial charge in [-0.3, -0.25) is 4.99 Å². The highest BCUT2D eigenvalue weighted by atomic mass is 127. The maximum Gasteiger partial charge on any atom is 0.191 e. The van der Waals surface area contributed by atoms with E-state index in [2.05, 4.69) is 27.8 Å². The molecular formula is C13H24IN3O. The van der Waals surface area contributed by atoms with Crippen LogP contribution >= 0.6 is 24.0 Å². The molecule has 1 saturated heterocycles. The van der Waals surface area contributed by atoms with Gasteiger partial charge in [-0.25, -0.2) is 0 Å². The van der Waals surface area contributed by atoms with Crippen LogP contribution in [0, 0.1) is 0 Å². The van der Waals surface area contributed by atoms with Crippen molar-refractivity contribution in [3.8, 4) is 0 Å². The number of halogens is 1. The van der Waals surface area contributed by atoms with E-state index in [1.54, 1.807) is 0 Å². The molecule has 18 heavy (non-hydrogen) atoms. The molecule has 0 spiro atoms. The van der Waals surface area contributed by atoms with Crippen molar-refractivity contribution in [1.82, 2.24) is 10.6 Å². The Labute approximate surface area is 127 Å². The molecule has 1 aliphatic heterocycles. The van der Waals surface area contributed by atoms with E-state index in [0.717, 1.165) is 38.4 Å². The van der Waals surface area contributed by atoms with Gasteiger partial charge in [-0.2, -0.15) is 0 Å². The van der Waals surface area contributed by atoms with Crippen LogP contribution in [0.25, 0.3) is 0 Å². The third-order valence-electron chi connectivity index (χ3n) is 3.36. The molecular weight excluding hydrogens is 341 g/mol. The first kappa shape index (κ1) is 15.8. The average Bonchev–Trinajstić information content (AvgIpc) is 3.00. The minimum absolute atomic E-state index is 0. The largest absolute Gasteiger partial charge is 0.378 e. The van der Waals surface area contributed by atoms with Crippen LogP contribution in [0.15, 0.2) is 17.1 Å². The molecule has 0 amide bonds. The summed E-state index contributed by atoms with van der Waals surface area (Å²) in [7, 11) is 1.82. The van der Waals surface area contributed by atoms with E-state index in [4.69, 9.17) is 4.74 Å². The Kier molecular flexibility index (Phi) is 7.65. The van der Waals surface area contributed by atoms with E-state index in [9.17, 15) is 0 Å². The van der Waals surface area contributed by atoms with Crippen LogP contribution in [0.5, 0.6) is 0 Å². The summed E-state index contributed by atoms with van der Waals surface area (Å²) in [4.78, 5) is 4.24. The van der Waals surface area contributed by atoms with Crippen molar-refractivity contribution in [2.75, 3.05) is 20.2 Å². The molecule has 1 unspecified atom stereocenters. The molecule has 2 aliphatic rings. The highest BCUT2D eigenvalue weighted by molar-refractivity contribution is 14.0. The molecule has 2 N–H and O–H groups in total. The summed E-state index contributed by atoms with van der Waals surface area (Å²) in [5.74, 6) is 0.914. The average molecular weight is 365 g/mol. The van der Waals surface area contributed by atoms with E-state index in [1.165, 1.54) is 12.8 Å². The van der Waals surface area contributed by atoms with Gasteiger partial charge in [-0.15, -0.1) is 24.0 Å². The third kappa shape index (κ3) is 5.14. The molecule has 0 bridgehead atoms. The second kappa shape index (κ2) is 8.74. The number of nitrogens with zero attached hydrogens (tertiary/aromatic N) is 1. The molecule has 0 aromatic carbocycles. The molecule has 1 aliphatic carbocycles. The van der Waals surface area contributed by atoms with Crippen LogP contribution in [-0.2, 0) is 4.74 Å². The Morgan fingerprint density at radius 2 is 2.17 bits per heavy atom. The van der Waals surface area contributed by atoms with Gasteiger partial charge in [-0.05, 0) is 32.1 Å². The van der Waals surface area contributed by atoms with Crippen molar-refractivity contribution < 1.29 is 4.74 Å². The summed E-state index contributed by atoms with van der Waals surface area (Å²) in [5, 5.41) is 6.78. The minimum atomic E-state index is 0. The van der Waals surface area contributed by atoms with Crippen LogP contribution in [-0.4, -0.2) is 38.3 Å². The fraction of sp³-hybridized carbons (Fsp3) is 0.769. The predicted octanol–water partition coefficient (Wildman–Crippen LogP) is 2.06. The van der Waals surface area contributed by atoms with Crippen LogP contribution < -0.4 is 10.6 Å². The lowest BCUT2D eigenvalue weighted by atomic mass is 10.2. The van der Waals surface area contributed by atoms with E-state index in [-0.39, 0.29) is 24.0 Å². The van der Waals surface area contributed by atoms with Gasteiger partial charge in [0.15, 0.2) is 5.96 Å². The lowest BCUT2D eigenvalue weighted by Gasteiger charge is -2.17. The molecule has 2 rings (SSSR count). The SMILES string of the molecule is CN=C(NCCC1CCCO1)NC1CC=CC1.I. The summed E-state index contributed by atoms with van der Waals surface area (Å²) in [5.41, 5.74) is 0. The first-order valence-corrected chi connectivity index (χ1v) is 6.62. The number of hydrogen-bond acceptors (Lipinski definition) is 2. The van der Waals surface area contributed by atoms with Crippen molar-refractivity contribution in [3.05, 3.63) is 12.2 Å². The molecule has 1 atom stereocenters. The molecule has 5 heteroatoms. The van der Waals surface area contributed by atoms with Crippen molar-refractivity contribution in [3.63, 3.8) is 0 Å². The normalized spacial score (nSPS) is 24.1. The lowest BCUT2D eigenvalue weighted by Crippen LogP contribution is -2.43. The summed E-state index contributed by atoms with van der Waals surface area (Å²) in [6.07, 6.45) is 10.6. The molecule has 1 heterocycles. The van der Waals surface area contributed by atoms with Crippen LogP contribution in [0.3, 0.4) is 0 Å². The second-order valence-corrected chi connectivity index (χ2v) is 4.71. The first-order chi connectivity index (χ1) is 8.38. The number of guanidine groups is 1. The van der Waals surface area contributed by atoms with Crippen molar-refractivity contribution in [2.45, 2.75) is 44.2 Å². The van der Waals surface area contributed by atoms with Gasteiger partial charge in [0.05, 0.1) is 6.10 Å². The van der Waals surface area contributed by atoms with Crippen LogP contribution in [0.4, 0.5) is 0 Å². The Balaban J connectivity index is 0.00000162. The molecule has 0 radical (unpaired) electrons. The molecule has 0 aromatic rings. The van der Waals surface area contributed by atoms with E-state index in [0.29, 0.717) is 12.1 Å². The third-order valence-corrected chi connectivity index (χ3v) is 3.36. The summed E-state index contributed by atoms with van der Waals surface area (Å²) in [6, 6.07) is 0.518. The van der Waals surface area contributed by atoms with Crippen LogP contribution in [0.1, 0.15) is 32.1 Å². The fourth-order valence-electron chi connectivity index (χ4n) is 2.35. The minimum Gasteiger partial charge on any atom is -0.378 e. The zero-order chi connectivity index (χ0) is 11.9. The maximum absolute atomic E-state index is 5.59. The number of nitrogens with one attached hydrogen (secondary N) is 2. The summed E-state index contributed by atoms with van der Waals surface area (Å²) >= 11 is 0. The Hall–Kier alpha value is -0.300. The van der Waals surface area contributed by atoms with Crippen molar-refractivity contribution in [2.24, 2.45) is 4.99 Å². The van der Waals surface area contributed by atoms with E-state index >= 15 is 0 Å². The number of ether oxygens (including phenoxy) is 1. The van der Waals surface area contributed by atoms with Gasteiger partial charge in [0.1, 0.15) is 0 Å². The van der Waals surface area contributed by atoms with E-state index < -0.39 is 0 Å². The molecule has 0 saturated carbocycles. The monoisotopic (exact) mass is 365 g/mol. The zero-order valence-electron chi connectivity index (χ0n) is 11.0. The topological polar surface area (TPSA) is 45.7 Å². The van der Waals surface area contributed by atoms with Gasteiger partial charge in [0.2, 0.25) is 0 Å². The first-order valence-electron chi connectivity index (χ1n) is 6.62. The zero-order valence-corrected chi connectivity index (χ0v) is 13.4. The fourth-order valence-corrected chi connectivity index (χ4v) is 2.35. The van der Waals surface area contributed by atoms with Crippen LogP contribution in [0.2, 0.25) is 0 Å². The van der Waals surface area contributed by atoms with E-state index in [1.807, 2.05) is 7.05 Å². The second-order valence-electron chi connectivity index (χ2n) is 4.71. The van der Waals surface area contributed by atoms with Gasteiger partial charge in [-0.1, -0.05) is 12.2 Å².